The molecular formula is C38H70O14P2. The van der Waals surface area contributed by atoms with Crippen molar-refractivity contribution in [2.24, 2.45) is 5.92 Å². The highest BCUT2D eigenvalue weighted by Gasteiger charge is 2.28. The average Bonchev–Trinajstić information content (AvgIpc) is 3.10. The molecule has 0 rings (SSSR count). The predicted molar refractivity (Wildman–Crippen MR) is 207 cm³/mol. The monoisotopic (exact) mass is 812 g/mol. The molecule has 3 atom stereocenters. The lowest BCUT2D eigenvalue weighted by molar-refractivity contribution is -0.161. The first kappa shape index (κ1) is 52.3. The molecule has 0 aliphatic carbocycles. The maximum Gasteiger partial charge on any atom is 0.472 e. The highest BCUT2D eigenvalue weighted by molar-refractivity contribution is 7.47. The van der Waals surface area contributed by atoms with E-state index in [0.29, 0.717) is 19.3 Å². The van der Waals surface area contributed by atoms with Crippen molar-refractivity contribution < 1.29 is 66.3 Å². The van der Waals surface area contributed by atoms with E-state index in [0.717, 1.165) is 76.5 Å². The van der Waals surface area contributed by atoms with Crippen LogP contribution >= 0.6 is 15.6 Å². The number of carbonyl (C=O) groups excluding carboxylic acids is 3. The Kier molecular flexibility index (Phi) is 32.3. The number of unbranched alkanes of at least 4 members (excludes halogenated alkanes) is 14. The SMILES string of the molecule is CCCCCC(=O)/C=C/C=C\CCCCCCCC(=O)O[C@H](COC(=O)CCCCCCCCCCC(C)C)COP(=O)(O)OC[C@@H](O)COP(=O)(O)O. The van der Waals surface area contributed by atoms with E-state index in [-0.39, 0.29) is 18.6 Å². The lowest BCUT2D eigenvalue weighted by atomic mass is 10.0. The molecule has 54 heavy (non-hydrogen) atoms. The van der Waals surface area contributed by atoms with E-state index in [9.17, 15) is 33.5 Å². The van der Waals surface area contributed by atoms with Crippen molar-refractivity contribution in [3.05, 3.63) is 24.3 Å². The minimum atomic E-state index is -4.87. The van der Waals surface area contributed by atoms with E-state index in [1.807, 2.05) is 12.2 Å². The van der Waals surface area contributed by atoms with Crippen molar-refractivity contribution in [2.75, 3.05) is 26.4 Å². The first-order valence-corrected chi connectivity index (χ1v) is 22.9. The van der Waals surface area contributed by atoms with Crippen LogP contribution in [0.25, 0.3) is 0 Å². The van der Waals surface area contributed by atoms with Crippen molar-refractivity contribution >= 4 is 33.4 Å². The van der Waals surface area contributed by atoms with Gasteiger partial charge in [-0.2, -0.15) is 0 Å². The maximum absolute atomic E-state index is 12.6. The van der Waals surface area contributed by atoms with Gasteiger partial charge in [-0.25, -0.2) is 9.13 Å². The third-order valence-electron chi connectivity index (χ3n) is 8.24. The van der Waals surface area contributed by atoms with E-state index in [1.165, 1.54) is 32.1 Å². The summed E-state index contributed by atoms with van der Waals surface area (Å²) in [4.78, 5) is 64.2. The molecule has 4 N–H and O–H groups in total. The molecule has 0 aliphatic heterocycles. The van der Waals surface area contributed by atoms with Gasteiger partial charge in [-0.05, 0) is 44.1 Å². The van der Waals surface area contributed by atoms with Gasteiger partial charge in [-0.15, -0.1) is 0 Å². The third-order valence-corrected chi connectivity index (χ3v) is 9.67. The molecule has 14 nitrogen and oxygen atoms in total. The van der Waals surface area contributed by atoms with Crippen LogP contribution in [0, 0.1) is 5.92 Å². The fourth-order valence-electron chi connectivity index (χ4n) is 5.16. The molecule has 0 saturated carbocycles. The van der Waals surface area contributed by atoms with Crippen LogP contribution in [0.4, 0.5) is 0 Å². The molecule has 0 aromatic heterocycles. The number of rotatable bonds is 37. The van der Waals surface area contributed by atoms with Crippen LogP contribution in [-0.2, 0) is 46.6 Å². The maximum atomic E-state index is 12.6. The molecule has 0 aromatic rings. The summed E-state index contributed by atoms with van der Waals surface area (Å²) in [5.41, 5.74) is 0. The van der Waals surface area contributed by atoms with Gasteiger partial charge >= 0.3 is 27.6 Å². The minimum Gasteiger partial charge on any atom is -0.462 e. The van der Waals surface area contributed by atoms with Crippen LogP contribution < -0.4 is 0 Å². The Morgan fingerprint density at radius 2 is 1.17 bits per heavy atom. The minimum absolute atomic E-state index is 0.0816. The molecule has 0 radical (unpaired) electrons. The second-order valence-electron chi connectivity index (χ2n) is 14.1. The highest BCUT2D eigenvalue weighted by Crippen LogP contribution is 2.43. The average molecular weight is 813 g/mol. The molecule has 316 valence electrons. The molecule has 0 heterocycles. The second kappa shape index (κ2) is 33.4. The van der Waals surface area contributed by atoms with Gasteiger partial charge < -0.3 is 29.3 Å². The van der Waals surface area contributed by atoms with Crippen molar-refractivity contribution in [1.82, 2.24) is 0 Å². The van der Waals surface area contributed by atoms with Crippen molar-refractivity contribution in [1.29, 1.82) is 0 Å². The molecule has 1 unspecified atom stereocenters. The quantitative estimate of drug-likeness (QED) is 0.0152. The van der Waals surface area contributed by atoms with Crippen molar-refractivity contribution in [3.8, 4) is 0 Å². The Morgan fingerprint density at radius 1 is 0.630 bits per heavy atom. The molecular weight excluding hydrogens is 742 g/mol. The Bertz CT molecular complexity index is 1140. The standard InChI is InChI=1S/C38H70O14P2/c1-4-5-19-25-34(39)26-21-16-12-7-6-8-14-18-23-28-38(42)52-36(32-51-54(46,47)50-30-35(40)29-49-53(43,44)45)31-48-37(41)27-22-17-13-10-9-11-15-20-24-33(2)3/h12,16,21,26,33,35-36,40H,4-11,13-15,17-20,22-25,27-32H2,1-3H3,(H,46,47)(H2,43,44,45)/b16-12-,26-21+/t35-,36+/m0/s1. The number of aliphatic hydroxyl groups is 1. The zero-order valence-corrected chi connectivity index (χ0v) is 34.8. The van der Waals surface area contributed by atoms with Gasteiger partial charge in [-0.1, -0.05) is 122 Å². The summed E-state index contributed by atoms with van der Waals surface area (Å²) in [5, 5.41) is 9.71. The van der Waals surface area contributed by atoms with E-state index in [2.05, 4.69) is 29.8 Å². The van der Waals surface area contributed by atoms with Gasteiger partial charge in [0.25, 0.3) is 0 Å². The molecule has 0 aromatic carbocycles. The van der Waals surface area contributed by atoms with E-state index >= 15 is 0 Å². The first-order valence-electron chi connectivity index (χ1n) is 19.8. The number of hydrogen-bond acceptors (Lipinski definition) is 11. The number of esters is 2. The molecule has 0 fully saturated rings. The number of ketones is 1. The van der Waals surface area contributed by atoms with E-state index < -0.39 is 66.2 Å². The lowest BCUT2D eigenvalue weighted by Crippen LogP contribution is -2.30. The summed E-state index contributed by atoms with van der Waals surface area (Å²) in [6.45, 7) is 3.79. The Labute approximate surface area is 323 Å². The highest BCUT2D eigenvalue weighted by atomic mass is 31.2. The molecule has 0 amide bonds. The molecule has 0 spiro atoms. The van der Waals surface area contributed by atoms with E-state index in [1.54, 1.807) is 12.2 Å². The number of allylic oxidation sites excluding steroid dienone is 4. The van der Waals surface area contributed by atoms with Crippen LogP contribution in [0.1, 0.15) is 156 Å². The first-order chi connectivity index (χ1) is 25.6. The smallest absolute Gasteiger partial charge is 0.462 e. The fraction of sp³-hybridized carbons (Fsp3) is 0.816. The van der Waals surface area contributed by atoms with Crippen LogP contribution in [0.5, 0.6) is 0 Å². The summed E-state index contributed by atoms with van der Waals surface area (Å²) in [7, 11) is -9.69. The van der Waals surface area contributed by atoms with Crippen molar-refractivity contribution in [3.63, 3.8) is 0 Å². The van der Waals surface area contributed by atoms with Crippen LogP contribution in [0.3, 0.4) is 0 Å². The summed E-state index contributed by atoms with van der Waals surface area (Å²) in [6.07, 6.45) is 23.3. The summed E-state index contributed by atoms with van der Waals surface area (Å²) in [5.74, 6) is -0.212. The predicted octanol–water partition coefficient (Wildman–Crippen LogP) is 8.59. The number of aliphatic hydroxyl groups excluding tert-OH is 1. The van der Waals surface area contributed by atoms with Gasteiger partial charge in [0.15, 0.2) is 11.9 Å². The van der Waals surface area contributed by atoms with E-state index in [4.69, 9.17) is 23.8 Å². The van der Waals surface area contributed by atoms with Crippen LogP contribution in [0.15, 0.2) is 24.3 Å². The van der Waals surface area contributed by atoms with Crippen LogP contribution in [0.2, 0.25) is 0 Å². The zero-order chi connectivity index (χ0) is 40.5. The van der Waals surface area contributed by atoms with Gasteiger partial charge in [0, 0.05) is 19.3 Å². The molecule has 16 heteroatoms. The van der Waals surface area contributed by atoms with Gasteiger partial charge in [-0.3, -0.25) is 28.0 Å². The lowest BCUT2D eigenvalue weighted by Gasteiger charge is -2.20. The second-order valence-corrected chi connectivity index (χ2v) is 16.8. The van der Waals surface area contributed by atoms with Gasteiger partial charge in [0.05, 0.1) is 19.8 Å². The summed E-state index contributed by atoms with van der Waals surface area (Å²) >= 11 is 0. The normalized spacial score (nSPS) is 14.4. The Balaban J connectivity index is 4.64. The fourth-order valence-corrected chi connectivity index (χ4v) is 6.32. The Hall–Kier alpha value is -1.73. The number of hydrogen-bond donors (Lipinski definition) is 4. The van der Waals surface area contributed by atoms with Crippen molar-refractivity contribution in [2.45, 2.75) is 168 Å². The van der Waals surface area contributed by atoms with Gasteiger partial charge in [0.1, 0.15) is 12.7 Å². The Morgan fingerprint density at radius 3 is 1.78 bits per heavy atom. The summed E-state index contributed by atoms with van der Waals surface area (Å²) < 4.78 is 47.5. The molecule has 0 bridgehead atoms. The zero-order valence-electron chi connectivity index (χ0n) is 33.0. The van der Waals surface area contributed by atoms with Crippen LogP contribution in [-0.4, -0.2) is 76.1 Å². The number of ether oxygens (including phenoxy) is 2. The largest absolute Gasteiger partial charge is 0.472 e. The third kappa shape index (κ3) is 37.2. The number of phosphoric acid groups is 2. The molecule has 0 aliphatic rings. The number of carbonyl (C=O) groups is 3. The van der Waals surface area contributed by atoms with Gasteiger partial charge in [0.2, 0.25) is 0 Å². The summed E-state index contributed by atoms with van der Waals surface area (Å²) in [6, 6.07) is 0. The molecule has 0 saturated heterocycles. The topological polar surface area (TPSA) is 212 Å². The number of phosphoric ester groups is 2.